The van der Waals surface area contributed by atoms with E-state index in [-0.39, 0.29) is 16.7 Å². The van der Waals surface area contributed by atoms with Crippen LogP contribution in [0.5, 0.6) is 0 Å². The molecule has 1 atom stereocenters. The second-order valence-electron chi connectivity index (χ2n) is 3.96. The highest BCUT2D eigenvalue weighted by Crippen LogP contribution is 2.25. The van der Waals surface area contributed by atoms with E-state index >= 15 is 0 Å². The fraction of sp³-hybridized carbons (Fsp3) is 0.0714. The van der Waals surface area contributed by atoms with Crippen LogP contribution in [0.1, 0.15) is 22.8 Å². The van der Waals surface area contributed by atoms with Crippen LogP contribution in [0.25, 0.3) is 0 Å². The molecule has 2 nitrogen and oxygen atoms in total. The third-order valence-electron chi connectivity index (χ3n) is 2.63. The van der Waals surface area contributed by atoms with Gasteiger partial charge in [0, 0.05) is 6.07 Å². The number of nitrogens with zero attached hydrogens (tertiary/aromatic N) is 1. The van der Waals surface area contributed by atoms with Crippen molar-refractivity contribution in [2.24, 2.45) is 0 Å². The number of nitriles is 1. The van der Waals surface area contributed by atoms with Gasteiger partial charge in [0.05, 0.1) is 5.56 Å². The van der Waals surface area contributed by atoms with E-state index in [2.05, 4.69) is 0 Å². The topological polar surface area (TPSA) is 44.0 Å². The molecule has 0 saturated heterocycles. The molecule has 0 unspecified atom stereocenters. The lowest BCUT2D eigenvalue weighted by atomic mass is 9.99. The predicted molar refractivity (Wildman–Crippen MR) is 61.5 cm³/mol. The van der Waals surface area contributed by atoms with E-state index in [0.29, 0.717) is 6.07 Å². The van der Waals surface area contributed by atoms with Gasteiger partial charge in [0.15, 0.2) is 0 Å². The zero-order chi connectivity index (χ0) is 14.0. The maximum atomic E-state index is 13.1. The lowest BCUT2D eigenvalue weighted by Crippen LogP contribution is -2.02. The Morgan fingerprint density at radius 1 is 0.947 bits per heavy atom. The molecule has 0 aromatic heterocycles. The Kier molecular flexibility index (Phi) is 3.54. The monoisotopic (exact) mass is 263 g/mol. The summed E-state index contributed by atoms with van der Waals surface area (Å²) in [6, 6.07) is 7.68. The predicted octanol–water partition coefficient (Wildman–Crippen LogP) is 3.06. The maximum absolute atomic E-state index is 13.1. The summed E-state index contributed by atoms with van der Waals surface area (Å²) < 4.78 is 39.2. The Hall–Kier alpha value is -2.32. The Balaban J connectivity index is 2.44. The molecule has 0 fully saturated rings. The molecule has 0 saturated carbocycles. The molecule has 0 aliphatic carbocycles. The first-order chi connectivity index (χ1) is 9.01. The summed E-state index contributed by atoms with van der Waals surface area (Å²) in [6.07, 6.45) is -1.34. The number of hydrogen-bond acceptors (Lipinski definition) is 2. The van der Waals surface area contributed by atoms with Crippen LogP contribution in [0.4, 0.5) is 13.2 Å². The summed E-state index contributed by atoms with van der Waals surface area (Å²) in [7, 11) is 0. The van der Waals surface area contributed by atoms with E-state index < -0.39 is 23.6 Å². The van der Waals surface area contributed by atoms with E-state index in [4.69, 9.17) is 5.26 Å². The summed E-state index contributed by atoms with van der Waals surface area (Å²) in [5.74, 6) is -2.36. The van der Waals surface area contributed by atoms with Gasteiger partial charge in [0.2, 0.25) is 0 Å². The van der Waals surface area contributed by atoms with Gasteiger partial charge < -0.3 is 5.11 Å². The molecular weight excluding hydrogens is 255 g/mol. The average Bonchev–Trinajstić information content (AvgIpc) is 2.37. The number of benzene rings is 2. The third kappa shape index (κ3) is 2.75. The molecule has 96 valence electrons. The molecule has 0 amide bonds. The molecule has 2 rings (SSSR count). The highest BCUT2D eigenvalue weighted by Gasteiger charge is 2.14. The van der Waals surface area contributed by atoms with Crippen molar-refractivity contribution >= 4 is 0 Å². The summed E-state index contributed by atoms with van der Waals surface area (Å²) >= 11 is 0. The van der Waals surface area contributed by atoms with E-state index in [1.54, 1.807) is 6.07 Å². The smallest absolute Gasteiger partial charge is 0.140 e. The van der Waals surface area contributed by atoms with Crippen LogP contribution in [-0.4, -0.2) is 5.11 Å². The molecular formula is C14H8F3NO. The Labute approximate surface area is 107 Å². The summed E-state index contributed by atoms with van der Waals surface area (Å²) in [6.45, 7) is 0. The van der Waals surface area contributed by atoms with Gasteiger partial charge in [-0.2, -0.15) is 5.26 Å². The van der Waals surface area contributed by atoms with Crippen molar-refractivity contribution in [2.75, 3.05) is 0 Å². The first-order valence-corrected chi connectivity index (χ1v) is 5.35. The lowest BCUT2D eigenvalue weighted by molar-refractivity contribution is 0.219. The summed E-state index contributed by atoms with van der Waals surface area (Å²) in [4.78, 5) is 0. The number of rotatable bonds is 2. The lowest BCUT2D eigenvalue weighted by Gasteiger charge is -2.12. The number of aliphatic hydroxyl groups is 1. The van der Waals surface area contributed by atoms with Crippen molar-refractivity contribution in [1.29, 1.82) is 5.26 Å². The molecule has 0 aliphatic rings. The second kappa shape index (κ2) is 5.12. The van der Waals surface area contributed by atoms with Crippen molar-refractivity contribution in [2.45, 2.75) is 6.10 Å². The van der Waals surface area contributed by atoms with Gasteiger partial charge >= 0.3 is 0 Å². The van der Waals surface area contributed by atoms with Crippen molar-refractivity contribution in [3.8, 4) is 6.07 Å². The number of halogens is 3. The van der Waals surface area contributed by atoms with E-state index in [1.807, 2.05) is 0 Å². The quantitative estimate of drug-likeness (QED) is 0.905. The first kappa shape index (κ1) is 13.1. The highest BCUT2D eigenvalue weighted by molar-refractivity contribution is 5.38. The van der Waals surface area contributed by atoms with Crippen LogP contribution in [0.15, 0.2) is 36.4 Å². The Morgan fingerprint density at radius 3 is 2.16 bits per heavy atom. The summed E-state index contributed by atoms with van der Waals surface area (Å²) in [5.41, 5.74) is -0.0654. The van der Waals surface area contributed by atoms with Crippen molar-refractivity contribution in [3.63, 3.8) is 0 Å². The fourth-order valence-electron chi connectivity index (χ4n) is 1.72. The van der Waals surface area contributed by atoms with Gasteiger partial charge in [-0.3, -0.25) is 0 Å². The largest absolute Gasteiger partial charge is 0.384 e. The number of aliphatic hydroxyl groups excluding tert-OH is 1. The molecule has 0 radical (unpaired) electrons. The van der Waals surface area contributed by atoms with Crippen LogP contribution in [0.3, 0.4) is 0 Å². The fourth-order valence-corrected chi connectivity index (χ4v) is 1.72. The summed E-state index contributed by atoms with van der Waals surface area (Å²) in [5, 5.41) is 18.7. The van der Waals surface area contributed by atoms with Gasteiger partial charge in [-0.15, -0.1) is 0 Å². The van der Waals surface area contributed by atoms with Gasteiger partial charge in [-0.1, -0.05) is 6.07 Å². The van der Waals surface area contributed by atoms with Gasteiger partial charge in [0.1, 0.15) is 29.6 Å². The second-order valence-corrected chi connectivity index (χ2v) is 3.96. The molecule has 0 spiro atoms. The average molecular weight is 263 g/mol. The van der Waals surface area contributed by atoms with Crippen LogP contribution in [0.2, 0.25) is 0 Å². The standard InChI is InChI=1S/C14H8F3NO/c15-11-4-9(5-12(16)6-11)14(19)8-1-2-13(17)10(3-8)7-18/h1-6,14,19H/t14-/m0/s1. The van der Waals surface area contributed by atoms with Crippen LogP contribution < -0.4 is 0 Å². The zero-order valence-corrected chi connectivity index (χ0v) is 9.57. The molecule has 19 heavy (non-hydrogen) atoms. The van der Waals surface area contributed by atoms with Crippen LogP contribution in [0, 0.1) is 28.8 Å². The first-order valence-electron chi connectivity index (χ1n) is 5.35. The third-order valence-corrected chi connectivity index (χ3v) is 2.63. The van der Waals surface area contributed by atoms with Gasteiger partial charge in [-0.05, 0) is 35.4 Å². The minimum atomic E-state index is -1.34. The Morgan fingerprint density at radius 2 is 1.58 bits per heavy atom. The van der Waals surface area contributed by atoms with Crippen molar-refractivity contribution in [1.82, 2.24) is 0 Å². The number of hydrogen-bond donors (Lipinski definition) is 1. The maximum Gasteiger partial charge on any atom is 0.140 e. The zero-order valence-electron chi connectivity index (χ0n) is 9.57. The SMILES string of the molecule is N#Cc1cc([C@H](O)c2cc(F)cc(F)c2)ccc1F. The van der Waals surface area contributed by atoms with Crippen LogP contribution in [-0.2, 0) is 0 Å². The van der Waals surface area contributed by atoms with E-state index in [9.17, 15) is 18.3 Å². The Bertz CT molecular complexity index is 644. The minimum Gasteiger partial charge on any atom is -0.384 e. The van der Waals surface area contributed by atoms with Crippen molar-refractivity contribution in [3.05, 3.63) is 70.5 Å². The normalized spacial score (nSPS) is 11.9. The van der Waals surface area contributed by atoms with Gasteiger partial charge in [-0.25, -0.2) is 13.2 Å². The van der Waals surface area contributed by atoms with E-state index in [0.717, 1.165) is 24.3 Å². The molecule has 0 bridgehead atoms. The molecule has 0 heterocycles. The van der Waals surface area contributed by atoms with Crippen molar-refractivity contribution < 1.29 is 18.3 Å². The highest BCUT2D eigenvalue weighted by atomic mass is 19.1. The van der Waals surface area contributed by atoms with Gasteiger partial charge in [0.25, 0.3) is 0 Å². The molecule has 5 heteroatoms. The van der Waals surface area contributed by atoms with Crippen LogP contribution >= 0.6 is 0 Å². The molecule has 0 aliphatic heterocycles. The molecule has 2 aromatic carbocycles. The molecule has 2 aromatic rings. The van der Waals surface area contributed by atoms with E-state index in [1.165, 1.54) is 6.07 Å². The molecule has 1 N–H and O–H groups in total. The minimum absolute atomic E-state index is 0.00648.